The van der Waals surface area contributed by atoms with Crippen molar-refractivity contribution in [2.75, 3.05) is 0 Å². The second-order valence-electron chi connectivity index (χ2n) is 16.5. The van der Waals surface area contributed by atoms with Crippen LogP contribution in [0.5, 0.6) is 0 Å². The van der Waals surface area contributed by atoms with Crippen LogP contribution in [-0.4, -0.2) is 24.1 Å². The van der Waals surface area contributed by atoms with E-state index < -0.39 is 0 Å². The summed E-state index contributed by atoms with van der Waals surface area (Å²) >= 11 is 0. The average molecular weight is 816 g/mol. The molecule has 0 saturated heterocycles. The zero-order valence-corrected chi connectivity index (χ0v) is 34.6. The Bertz CT molecular complexity index is 3930. The highest BCUT2D eigenvalue weighted by Crippen LogP contribution is 2.42. The molecule has 0 amide bonds. The summed E-state index contributed by atoms with van der Waals surface area (Å²) in [6, 6.07) is 79.9. The van der Waals surface area contributed by atoms with E-state index in [0.29, 0.717) is 17.5 Å². The molecular weight excluding hydrogens is 779 g/mol. The zero-order chi connectivity index (χ0) is 42.1. The van der Waals surface area contributed by atoms with Gasteiger partial charge >= 0.3 is 0 Å². The Labute approximate surface area is 368 Å². The first-order valence-electron chi connectivity index (χ1n) is 21.7. The molecule has 64 heavy (non-hydrogen) atoms. The van der Waals surface area contributed by atoms with Gasteiger partial charge in [-0.25, -0.2) is 15.0 Å². The average Bonchev–Trinajstić information content (AvgIpc) is 3.88. The molecule has 3 heterocycles. The summed E-state index contributed by atoms with van der Waals surface area (Å²) in [7, 11) is 0. The molecule has 13 aromatic rings. The molecule has 298 valence electrons. The summed E-state index contributed by atoms with van der Waals surface area (Å²) in [5.74, 6) is 1.91. The van der Waals surface area contributed by atoms with Gasteiger partial charge in [0.1, 0.15) is 0 Å². The zero-order valence-electron chi connectivity index (χ0n) is 34.6. The van der Waals surface area contributed by atoms with Gasteiger partial charge in [-0.1, -0.05) is 170 Å². The lowest BCUT2D eigenvalue weighted by atomic mass is 10.0. The van der Waals surface area contributed by atoms with Gasteiger partial charge in [-0.05, 0) is 87.3 Å². The van der Waals surface area contributed by atoms with E-state index in [9.17, 15) is 0 Å². The summed E-state index contributed by atoms with van der Waals surface area (Å²) in [5, 5.41) is 9.73. The lowest BCUT2D eigenvalue weighted by Crippen LogP contribution is -2.00. The van der Waals surface area contributed by atoms with Crippen molar-refractivity contribution in [1.82, 2.24) is 24.1 Å². The molecular formula is C59H37N5. The van der Waals surface area contributed by atoms with Crippen LogP contribution in [-0.2, 0) is 0 Å². The Balaban J connectivity index is 0.959. The van der Waals surface area contributed by atoms with Crippen LogP contribution in [0.3, 0.4) is 0 Å². The normalized spacial score (nSPS) is 11.8. The Morgan fingerprint density at radius 3 is 1.53 bits per heavy atom. The van der Waals surface area contributed by atoms with Crippen molar-refractivity contribution in [3.05, 3.63) is 224 Å². The van der Waals surface area contributed by atoms with Crippen molar-refractivity contribution < 1.29 is 0 Å². The van der Waals surface area contributed by atoms with Crippen LogP contribution in [0.15, 0.2) is 224 Å². The van der Waals surface area contributed by atoms with E-state index in [4.69, 9.17) is 15.0 Å². The first-order valence-corrected chi connectivity index (χ1v) is 21.7. The fourth-order valence-electron chi connectivity index (χ4n) is 9.69. The van der Waals surface area contributed by atoms with Crippen molar-refractivity contribution in [3.63, 3.8) is 0 Å². The number of fused-ring (bicyclic) bond motifs is 9. The maximum atomic E-state index is 5.09. The van der Waals surface area contributed by atoms with Gasteiger partial charge in [0.25, 0.3) is 0 Å². The van der Waals surface area contributed by atoms with Gasteiger partial charge in [-0.3, -0.25) is 0 Å². The minimum absolute atomic E-state index is 0.634. The molecule has 5 nitrogen and oxygen atoms in total. The lowest BCUT2D eigenvalue weighted by Gasteiger charge is -2.12. The van der Waals surface area contributed by atoms with Gasteiger partial charge < -0.3 is 9.13 Å². The third kappa shape index (κ3) is 5.83. The molecule has 0 atom stereocenters. The smallest absolute Gasteiger partial charge is 0.164 e. The molecule has 0 aliphatic rings. The second-order valence-corrected chi connectivity index (χ2v) is 16.5. The number of para-hydroxylation sites is 2. The number of hydrogen-bond acceptors (Lipinski definition) is 3. The maximum absolute atomic E-state index is 5.09. The molecule has 10 aromatic carbocycles. The molecule has 0 unspecified atom stereocenters. The van der Waals surface area contributed by atoms with Crippen molar-refractivity contribution in [3.8, 4) is 56.7 Å². The standard InChI is InChI=1S/C59H37N5/c1-4-14-38(15-5-1)39-24-26-42(27-25-39)58-60-57(41-17-6-2-7-18-41)61-59(62-58)45-29-28-44-35-47(32-30-43(44)34-45)64-52-23-13-12-22-49(52)50-36-51-55(37-54(50)64)63(46-19-8-3-9-20-46)53-33-31-40-16-10-11-21-48(40)56(51)53/h1-37H. The predicted octanol–water partition coefficient (Wildman–Crippen LogP) is 15.0. The molecule has 0 radical (unpaired) electrons. The quantitative estimate of drug-likeness (QED) is 0.168. The summed E-state index contributed by atoms with van der Waals surface area (Å²) in [6.07, 6.45) is 0. The molecule has 0 bridgehead atoms. The van der Waals surface area contributed by atoms with E-state index in [1.165, 1.54) is 54.4 Å². The molecule has 13 rings (SSSR count). The summed E-state index contributed by atoms with van der Waals surface area (Å²) < 4.78 is 4.85. The summed E-state index contributed by atoms with van der Waals surface area (Å²) in [4.78, 5) is 15.1. The predicted molar refractivity (Wildman–Crippen MR) is 265 cm³/mol. The SMILES string of the molecule is c1ccc(-c2ccc(-c3nc(-c4ccccc4)nc(-c4ccc5cc(-n6c7ccccc7c7cc8c9c%10ccccc%10ccc9n(-c9ccccc9)c8cc76)ccc5c4)n3)cc2)cc1. The molecule has 0 N–H and O–H groups in total. The van der Waals surface area contributed by atoms with Crippen molar-refractivity contribution >= 4 is 65.2 Å². The highest BCUT2D eigenvalue weighted by atomic mass is 15.0. The highest BCUT2D eigenvalue weighted by molar-refractivity contribution is 6.25. The van der Waals surface area contributed by atoms with Crippen LogP contribution < -0.4 is 0 Å². The summed E-state index contributed by atoms with van der Waals surface area (Å²) in [5.41, 5.74) is 12.1. The molecule has 0 saturated carbocycles. The number of benzene rings is 10. The third-order valence-corrected chi connectivity index (χ3v) is 12.7. The number of aromatic nitrogens is 5. The molecule has 0 aliphatic carbocycles. The van der Waals surface area contributed by atoms with Crippen LogP contribution in [0.2, 0.25) is 0 Å². The van der Waals surface area contributed by atoms with E-state index in [1.807, 2.05) is 36.4 Å². The number of nitrogens with zero attached hydrogens (tertiary/aromatic N) is 5. The molecule has 0 fully saturated rings. The minimum Gasteiger partial charge on any atom is -0.309 e. The third-order valence-electron chi connectivity index (χ3n) is 12.7. The maximum Gasteiger partial charge on any atom is 0.164 e. The van der Waals surface area contributed by atoms with Crippen molar-refractivity contribution in [2.24, 2.45) is 0 Å². The van der Waals surface area contributed by atoms with Crippen LogP contribution in [0.25, 0.3) is 122 Å². The molecule has 3 aromatic heterocycles. The Hall–Kier alpha value is -8.67. The Kier molecular flexibility index (Phi) is 8.15. The van der Waals surface area contributed by atoms with Crippen molar-refractivity contribution in [2.45, 2.75) is 0 Å². The monoisotopic (exact) mass is 815 g/mol. The second kappa shape index (κ2) is 14.5. The van der Waals surface area contributed by atoms with E-state index in [2.05, 4.69) is 197 Å². The first kappa shape index (κ1) is 36.0. The Morgan fingerprint density at radius 1 is 0.250 bits per heavy atom. The van der Waals surface area contributed by atoms with Crippen LogP contribution in [0, 0.1) is 0 Å². The van der Waals surface area contributed by atoms with Gasteiger partial charge in [0.05, 0.1) is 22.1 Å². The Morgan fingerprint density at radius 2 is 0.766 bits per heavy atom. The van der Waals surface area contributed by atoms with Gasteiger partial charge in [-0.2, -0.15) is 0 Å². The highest BCUT2D eigenvalue weighted by Gasteiger charge is 2.20. The minimum atomic E-state index is 0.634. The van der Waals surface area contributed by atoms with Crippen LogP contribution in [0.1, 0.15) is 0 Å². The van der Waals surface area contributed by atoms with E-state index in [0.717, 1.165) is 49.9 Å². The van der Waals surface area contributed by atoms with Gasteiger partial charge in [0.2, 0.25) is 0 Å². The topological polar surface area (TPSA) is 48.5 Å². The van der Waals surface area contributed by atoms with Crippen molar-refractivity contribution in [1.29, 1.82) is 0 Å². The molecule has 0 aliphatic heterocycles. The van der Waals surface area contributed by atoms with E-state index >= 15 is 0 Å². The number of rotatable bonds is 6. The van der Waals surface area contributed by atoms with E-state index in [1.54, 1.807) is 0 Å². The lowest BCUT2D eigenvalue weighted by molar-refractivity contribution is 1.07. The van der Waals surface area contributed by atoms with E-state index in [-0.39, 0.29) is 0 Å². The van der Waals surface area contributed by atoms with Crippen LogP contribution in [0.4, 0.5) is 0 Å². The fraction of sp³-hybridized carbons (Fsp3) is 0. The molecule has 0 spiro atoms. The molecule has 5 heteroatoms. The fourth-order valence-corrected chi connectivity index (χ4v) is 9.69. The summed E-state index contributed by atoms with van der Waals surface area (Å²) in [6.45, 7) is 0. The van der Waals surface area contributed by atoms with Gasteiger partial charge in [0, 0.05) is 49.6 Å². The number of hydrogen-bond donors (Lipinski definition) is 0. The largest absolute Gasteiger partial charge is 0.309 e. The first-order chi connectivity index (χ1) is 31.7. The van der Waals surface area contributed by atoms with Gasteiger partial charge in [-0.15, -0.1) is 0 Å². The van der Waals surface area contributed by atoms with Crippen LogP contribution >= 0.6 is 0 Å². The van der Waals surface area contributed by atoms with Gasteiger partial charge in [0.15, 0.2) is 17.5 Å².